The fraction of sp³-hybridized carbons (Fsp3) is 0.421. The molecule has 2 amide bonds. The average Bonchev–Trinajstić information content (AvgIpc) is 3.19. The lowest BCUT2D eigenvalue weighted by Gasteiger charge is -2.09. The Kier molecular flexibility index (Phi) is 5.81. The van der Waals surface area contributed by atoms with Crippen molar-refractivity contribution >= 4 is 28.2 Å². The Labute approximate surface area is 151 Å². The number of hydrogen-bond acceptors (Lipinski definition) is 4. The van der Waals surface area contributed by atoms with E-state index in [1.54, 1.807) is 23.7 Å². The molecule has 2 aromatic heterocycles. The number of nitrogens with one attached hydrogen (secondary N) is 2. The first-order valence-electron chi connectivity index (χ1n) is 8.80. The molecular weight excluding hydrogens is 334 g/mol. The van der Waals surface area contributed by atoms with E-state index in [1.807, 2.05) is 12.1 Å². The Bertz CT molecular complexity index is 756. The normalized spacial score (nSPS) is 12.7. The second-order valence-corrected chi connectivity index (χ2v) is 7.36. The molecule has 1 aliphatic carbocycles. The Hall–Kier alpha value is -2.21. The second kappa shape index (κ2) is 8.25. The maximum atomic E-state index is 12.8. The van der Waals surface area contributed by atoms with Gasteiger partial charge in [-0.1, -0.05) is 19.4 Å². The molecule has 2 N–H and O–H groups in total. The molecule has 0 atom stereocenters. The maximum absolute atomic E-state index is 12.8. The van der Waals surface area contributed by atoms with Crippen LogP contribution in [0.2, 0.25) is 0 Å². The first-order valence-corrected chi connectivity index (χ1v) is 9.62. The zero-order chi connectivity index (χ0) is 17.6. The van der Waals surface area contributed by atoms with E-state index in [0.29, 0.717) is 23.5 Å². The number of unbranched alkanes of at least 4 members (excludes halogenated alkanes) is 1. The van der Waals surface area contributed by atoms with E-state index >= 15 is 0 Å². The summed E-state index contributed by atoms with van der Waals surface area (Å²) < 4.78 is 0. The standard InChI is InChI=1S/C19H23N3O2S/c1-2-3-9-16(23)22-19-17(14-7-4-8-15(14)25-19)18(24)21-12-13-6-5-10-20-11-13/h5-6,10-11H,2-4,7-9,12H2,1H3,(H,21,24)(H,22,23). The van der Waals surface area contributed by atoms with Crippen LogP contribution < -0.4 is 10.6 Å². The predicted molar refractivity (Wildman–Crippen MR) is 99.9 cm³/mol. The summed E-state index contributed by atoms with van der Waals surface area (Å²) in [6, 6.07) is 3.78. The molecule has 2 heterocycles. The Balaban J connectivity index is 1.74. The highest BCUT2D eigenvalue weighted by molar-refractivity contribution is 7.17. The minimum Gasteiger partial charge on any atom is -0.348 e. The summed E-state index contributed by atoms with van der Waals surface area (Å²) in [5.74, 6) is -0.128. The van der Waals surface area contributed by atoms with Crippen molar-refractivity contribution in [3.8, 4) is 0 Å². The highest BCUT2D eigenvalue weighted by atomic mass is 32.1. The molecule has 0 fully saturated rings. The van der Waals surface area contributed by atoms with Gasteiger partial charge in [-0.15, -0.1) is 11.3 Å². The lowest BCUT2D eigenvalue weighted by atomic mass is 10.1. The van der Waals surface area contributed by atoms with Crippen molar-refractivity contribution in [2.24, 2.45) is 0 Å². The minimum absolute atomic E-state index is 0.0110. The zero-order valence-electron chi connectivity index (χ0n) is 14.4. The third-order valence-corrected chi connectivity index (χ3v) is 5.54. The molecule has 5 nitrogen and oxygen atoms in total. The van der Waals surface area contributed by atoms with Gasteiger partial charge in [0.15, 0.2) is 0 Å². The first-order chi connectivity index (χ1) is 12.2. The van der Waals surface area contributed by atoms with Gasteiger partial charge < -0.3 is 10.6 Å². The summed E-state index contributed by atoms with van der Waals surface area (Å²) >= 11 is 1.56. The lowest BCUT2D eigenvalue weighted by Crippen LogP contribution is -2.25. The van der Waals surface area contributed by atoms with Gasteiger partial charge >= 0.3 is 0 Å². The number of anilines is 1. The van der Waals surface area contributed by atoms with E-state index in [0.717, 1.165) is 43.2 Å². The SMILES string of the molecule is CCCCC(=O)Nc1sc2c(c1C(=O)NCc1cccnc1)CCC2. The molecule has 0 saturated heterocycles. The third-order valence-electron chi connectivity index (χ3n) is 4.33. The molecule has 2 aromatic rings. The molecule has 0 radical (unpaired) electrons. The largest absolute Gasteiger partial charge is 0.348 e. The molecule has 0 spiro atoms. The topological polar surface area (TPSA) is 71.1 Å². The molecule has 3 rings (SSSR count). The number of fused-ring (bicyclic) bond motifs is 1. The molecule has 0 bridgehead atoms. The molecule has 6 heteroatoms. The summed E-state index contributed by atoms with van der Waals surface area (Å²) in [7, 11) is 0. The monoisotopic (exact) mass is 357 g/mol. The van der Waals surface area contributed by atoms with E-state index in [-0.39, 0.29) is 11.8 Å². The number of carbonyl (C=O) groups excluding carboxylic acids is 2. The predicted octanol–water partition coefficient (Wildman–Crippen LogP) is 3.69. The molecule has 25 heavy (non-hydrogen) atoms. The molecule has 0 aromatic carbocycles. The van der Waals surface area contributed by atoms with Gasteiger partial charge in [-0.05, 0) is 42.9 Å². The second-order valence-electron chi connectivity index (χ2n) is 6.26. The zero-order valence-corrected chi connectivity index (χ0v) is 15.2. The first kappa shape index (κ1) is 17.6. The summed E-state index contributed by atoms with van der Waals surface area (Å²) in [5, 5.41) is 6.63. The number of hydrogen-bond donors (Lipinski definition) is 2. The van der Waals surface area contributed by atoms with Crippen molar-refractivity contribution in [2.75, 3.05) is 5.32 Å². The highest BCUT2D eigenvalue weighted by Crippen LogP contribution is 2.39. The molecule has 0 aliphatic heterocycles. The quantitative estimate of drug-likeness (QED) is 0.794. The number of thiophene rings is 1. The van der Waals surface area contributed by atoms with Crippen LogP contribution in [-0.2, 0) is 24.2 Å². The van der Waals surface area contributed by atoms with Crippen LogP contribution in [0.3, 0.4) is 0 Å². The van der Waals surface area contributed by atoms with Crippen LogP contribution >= 0.6 is 11.3 Å². The molecule has 132 valence electrons. The van der Waals surface area contributed by atoms with Crippen LogP contribution in [0.1, 0.15) is 59.0 Å². The van der Waals surface area contributed by atoms with Gasteiger partial charge in [-0.3, -0.25) is 14.6 Å². The van der Waals surface area contributed by atoms with Gasteiger partial charge in [0.05, 0.1) is 5.56 Å². The van der Waals surface area contributed by atoms with Crippen LogP contribution in [0.4, 0.5) is 5.00 Å². The highest BCUT2D eigenvalue weighted by Gasteiger charge is 2.27. The summed E-state index contributed by atoms with van der Waals surface area (Å²) in [6.45, 7) is 2.49. The van der Waals surface area contributed by atoms with E-state index in [4.69, 9.17) is 0 Å². The van der Waals surface area contributed by atoms with Gasteiger partial charge in [0.2, 0.25) is 5.91 Å². The van der Waals surface area contributed by atoms with E-state index in [1.165, 1.54) is 4.88 Å². The Morgan fingerprint density at radius 1 is 1.32 bits per heavy atom. The van der Waals surface area contributed by atoms with Gasteiger partial charge in [-0.25, -0.2) is 0 Å². The molecular formula is C19H23N3O2S. The average molecular weight is 357 g/mol. The van der Waals surface area contributed by atoms with E-state index in [9.17, 15) is 9.59 Å². The van der Waals surface area contributed by atoms with Crippen LogP contribution in [0.15, 0.2) is 24.5 Å². The van der Waals surface area contributed by atoms with E-state index in [2.05, 4.69) is 22.5 Å². The van der Waals surface area contributed by atoms with Crippen molar-refractivity contribution in [1.82, 2.24) is 10.3 Å². The number of nitrogens with zero attached hydrogens (tertiary/aromatic N) is 1. The van der Waals surface area contributed by atoms with Gasteiger partial charge in [0.1, 0.15) is 5.00 Å². The van der Waals surface area contributed by atoms with Crippen molar-refractivity contribution in [1.29, 1.82) is 0 Å². The van der Waals surface area contributed by atoms with Gasteiger partial charge in [0.25, 0.3) is 5.91 Å². The van der Waals surface area contributed by atoms with Crippen molar-refractivity contribution in [3.05, 3.63) is 46.1 Å². The number of aryl methyl sites for hydroxylation is 1. The van der Waals surface area contributed by atoms with Crippen LogP contribution in [0.25, 0.3) is 0 Å². The van der Waals surface area contributed by atoms with Crippen molar-refractivity contribution in [2.45, 2.75) is 52.0 Å². The third kappa shape index (κ3) is 4.25. The summed E-state index contributed by atoms with van der Waals surface area (Å²) in [4.78, 5) is 30.2. The van der Waals surface area contributed by atoms with Gasteiger partial charge in [0, 0.05) is 30.2 Å². The summed E-state index contributed by atoms with van der Waals surface area (Å²) in [6.07, 6.45) is 8.77. The minimum atomic E-state index is -0.117. The molecule has 0 saturated carbocycles. The number of aromatic nitrogens is 1. The number of amides is 2. The van der Waals surface area contributed by atoms with Crippen molar-refractivity contribution in [3.63, 3.8) is 0 Å². The number of carbonyl (C=O) groups is 2. The maximum Gasteiger partial charge on any atom is 0.254 e. The number of pyridine rings is 1. The fourth-order valence-electron chi connectivity index (χ4n) is 3.03. The lowest BCUT2D eigenvalue weighted by molar-refractivity contribution is -0.116. The number of rotatable bonds is 7. The van der Waals surface area contributed by atoms with Crippen LogP contribution in [0, 0.1) is 0 Å². The molecule has 0 unspecified atom stereocenters. The van der Waals surface area contributed by atoms with Crippen LogP contribution in [-0.4, -0.2) is 16.8 Å². The van der Waals surface area contributed by atoms with Crippen LogP contribution in [0.5, 0.6) is 0 Å². The Morgan fingerprint density at radius 2 is 2.20 bits per heavy atom. The summed E-state index contributed by atoms with van der Waals surface area (Å²) in [5.41, 5.74) is 2.72. The van der Waals surface area contributed by atoms with Crippen molar-refractivity contribution < 1.29 is 9.59 Å². The van der Waals surface area contributed by atoms with Gasteiger partial charge in [-0.2, -0.15) is 0 Å². The van der Waals surface area contributed by atoms with E-state index < -0.39 is 0 Å². The fourth-order valence-corrected chi connectivity index (χ4v) is 4.34. The molecule has 1 aliphatic rings. The smallest absolute Gasteiger partial charge is 0.254 e. The Morgan fingerprint density at radius 3 is 2.96 bits per heavy atom.